The van der Waals surface area contributed by atoms with Crippen molar-refractivity contribution in [3.8, 4) is 0 Å². The molecule has 0 aliphatic heterocycles. The monoisotopic (exact) mass is 248 g/mol. The number of hydrogen-bond acceptors (Lipinski definition) is 5. The third kappa shape index (κ3) is 4.54. The Morgan fingerprint density at radius 2 is 2.06 bits per heavy atom. The summed E-state index contributed by atoms with van der Waals surface area (Å²) in [7, 11) is 0.134. The van der Waals surface area contributed by atoms with Crippen LogP contribution in [0, 0.1) is 0 Å². The smallest absolute Gasteiger partial charge is 0.396 e. The van der Waals surface area contributed by atoms with Crippen molar-refractivity contribution in [1.29, 1.82) is 0 Å². The van der Waals surface area contributed by atoms with E-state index < -0.39 is 14.9 Å². The average Bonchev–Trinajstić information content (AvgIpc) is 2.33. The van der Waals surface area contributed by atoms with E-state index in [-0.39, 0.29) is 12.4 Å². The van der Waals surface area contributed by atoms with Gasteiger partial charge in [-0.3, -0.25) is 4.79 Å². The summed E-state index contributed by atoms with van der Waals surface area (Å²) in [6.45, 7) is 5.05. The Hall–Kier alpha value is -0.533. The van der Waals surface area contributed by atoms with Crippen LogP contribution in [0.3, 0.4) is 0 Å². The van der Waals surface area contributed by atoms with E-state index in [1.165, 1.54) is 20.3 Å². The molecule has 0 amide bonds. The molecule has 5 nitrogen and oxygen atoms in total. The van der Waals surface area contributed by atoms with Crippen molar-refractivity contribution >= 4 is 14.6 Å². The molecule has 0 aliphatic rings. The molecule has 6 heteroatoms. The molecule has 16 heavy (non-hydrogen) atoms. The third-order valence-electron chi connectivity index (χ3n) is 2.22. The van der Waals surface area contributed by atoms with Gasteiger partial charge in [-0.25, -0.2) is 0 Å². The Morgan fingerprint density at radius 3 is 2.44 bits per heavy atom. The van der Waals surface area contributed by atoms with E-state index in [1.807, 2.05) is 0 Å². The molecule has 1 atom stereocenters. The highest BCUT2D eigenvalue weighted by Crippen LogP contribution is 2.18. The summed E-state index contributed by atoms with van der Waals surface area (Å²) in [5.74, 6) is -0.213. The molecule has 0 rings (SSSR count). The number of carbonyl (C=O) groups excluding carboxylic acids is 1. The Labute approximate surface area is 97.4 Å². The number of aliphatic hydroxyl groups excluding tert-OH is 1. The number of hydrogen-bond donors (Lipinski definition) is 1. The van der Waals surface area contributed by atoms with E-state index in [2.05, 4.69) is 6.58 Å². The van der Waals surface area contributed by atoms with E-state index in [0.717, 1.165) is 0 Å². The summed E-state index contributed by atoms with van der Waals surface area (Å²) in [5.41, 5.74) is 0. The first-order chi connectivity index (χ1) is 7.55. The maximum atomic E-state index is 11.3. The number of aliphatic hydroxyl groups is 1. The second-order valence-corrected chi connectivity index (χ2v) is 6.20. The highest BCUT2D eigenvalue weighted by atomic mass is 28.4. The fraction of sp³-hybridized carbons (Fsp3) is 0.700. The number of ketones is 1. The summed E-state index contributed by atoms with van der Waals surface area (Å²) < 4.78 is 16.1. The summed E-state index contributed by atoms with van der Waals surface area (Å²) in [6, 6.07) is 0.477. The minimum atomic E-state index is -2.84. The number of rotatable bonds is 9. The molecular weight excluding hydrogens is 228 g/mol. The van der Waals surface area contributed by atoms with Gasteiger partial charge in [0.05, 0.1) is 0 Å². The summed E-state index contributed by atoms with van der Waals surface area (Å²) in [5, 5.41) is 8.78. The predicted molar refractivity (Wildman–Crippen MR) is 62.0 cm³/mol. The zero-order valence-electron chi connectivity index (χ0n) is 10.1. The first kappa shape index (κ1) is 15.5. The second kappa shape index (κ2) is 7.69. The van der Waals surface area contributed by atoms with Crippen LogP contribution in [-0.2, 0) is 18.1 Å². The molecule has 0 heterocycles. The summed E-state index contributed by atoms with van der Waals surface area (Å²) in [6.07, 6.45) is 1.09. The molecule has 0 aromatic carbocycles. The lowest BCUT2D eigenvalue weighted by atomic mass is 10.3. The van der Waals surface area contributed by atoms with E-state index in [0.29, 0.717) is 12.5 Å². The van der Waals surface area contributed by atoms with Gasteiger partial charge in [0.1, 0.15) is 6.10 Å². The molecule has 94 valence electrons. The van der Waals surface area contributed by atoms with E-state index in [9.17, 15) is 4.79 Å². The van der Waals surface area contributed by atoms with Gasteiger partial charge in [-0.15, -0.1) is 0 Å². The Kier molecular flexibility index (Phi) is 7.44. The van der Waals surface area contributed by atoms with E-state index in [4.69, 9.17) is 18.4 Å². The van der Waals surface area contributed by atoms with Crippen molar-refractivity contribution in [1.82, 2.24) is 0 Å². The minimum Gasteiger partial charge on any atom is -0.396 e. The van der Waals surface area contributed by atoms with Crippen LogP contribution < -0.4 is 0 Å². The van der Waals surface area contributed by atoms with Crippen molar-refractivity contribution in [2.75, 3.05) is 20.8 Å². The summed E-state index contributed by atoms with van der Waals surface area (Å²) >= 11 is 0. The molecule has 0 aromatic rings. The van der Waals surface area contributed by atoms with Crippen LogP contribution >= 0.6 is 0 Å². The van der Waals surface area contributed by atoms with Gasteiger partial charge in [-0.05, 0) is 19.4 Å². The minimum absolute atomic E-state index is 0.0363. The van der Waals surface area contributed by atoms with Crippen LogP contribution in [0.1, 0.15) is 13.3 Å². The molecule has 0 aromatic heterocycles. The highest BCUT2D eigenvalue weighted by molar-refractivity contribution is 6.60. The van der Waals surface area contributed by atoms with E-state index >= 15 is 0 Å². The van der Waals surface area contributed by atoms with Crippen molar-refractivity contribution in [3.63, 3.8) is 0 Å². The predicted octanol–water partition coefficient (Wildman–Crippen LogP) is 0.761. The van der Waals surface area contributed by atoms with Crippen LogP contribution in [0.4, 0.5) is 0 Å². The Morgan fingerprint density at radius 1 is 1.50 bits per heavy atom. The number of carbonyl (C=O) groups is 1. The second-order valence-electron chi connectivity index (χ2n) is 3.28. The summed E-state index contributed by atoms with van der Waals surface area (Å²) in [4.78, 5) is 11.3. The molecule has 0 bridgehead atoms. The van der Waals surface area contributed by atoms with Gasteiger partial charge in [-0.1, -0.05) is 6.58 Å². The molecule has 0 spiro atoms. The van der Waals surface area contributed by atoms with Gasteiger partial charge in [0, 0.05) is 26.9 Å². The SMILES string of the molecule is C=CC(=O)C(C)O[Si](CCCO)(OC)OC. The van der Waals surface area contributed by atoms with Crippen LogP contribution in [-0.4, -0.2) is 46.6 Å². The first-order valence-corrected chi connectivity index (χ1v) is 7.03. The average molecular weight is 248 g/mol. The van der Waals surface area contributed by atoms with E-state index in [1.54, 1.807) is 6.92 Å². The van der Waals surface area contributed by atoms with Crippen molar-refractivity contribution < 1.29 is 23.2 Å². The quantitative estimate of drug-likeness (QED) is 0.482. The van der Waals surface area contributed by atoms with Gasteiger partial charge >= 0.3 is 8.80 Å². The molecule has 1 N–H and O–H groups in total. The van der Waals surface area contributed by atoms with Crippen LogP contribution in [0.25, 0.3) is 0 Å². The normalized spacial score (nSPS) is 13.5. The van der Waals surface area contributed by atoms with Gasteiger partial charge < -0.3 is 18.4 Å². The topological polar surface area (TPSA) is 65.0 Å². The molecule has 0 radical (unpaired) electrons. The lowest BCUT2D eigenvalue weighted by Gasteiger charge is -2.28. The maximum Gasteiger partial charge on any atom is 0.501 e. The zero-order valence-corrected chi connectivity index (χ0v) is 11.1. The van der Waals surface area contributed by atoms with Crippen molar-refractivity contribution in [2.45, 2.75) is 25.5 Å². The maximum absolute atomic E-state index is 11.3. The molecular formula is C10H20O5Si. The van der Waals surface area contributed by atoms with Crippen LogP contribution in [0.5, 0.6) is 0 Å². The molecule has 1 unspecified atom stereocenters. The van der Waals surface area contributed by atoms with Gasteiger partial charge in [0.25, 0.3) is 0 Å². The standard InChI is InChI=1S/C10H20O5Si/c1-5-10(12)9(2)15-16(13-3,14-4)8-6-7-11/h5,9,11H,1,6-8H2,2-4H3. The van der Waals surface area contributed by atoms with Gasteiger partial charge in [-0.2, -0.15) is 0 Å². The molecule has 0 saturated carbocycles. The largest absolute Gasteiger partial charge is 0.501 e. The Balaban J connectivity index is 4.52. The molecule has 0 saturated heterocycles. The third-order valence-corrected chi connectivity index (χ3v) is 5.14. The molecule has 0 fully saturated rings. The van der Waals surface area contributed by atoms with Gasteiger partial charge in [0.15, 0.2) is 5.78 Å². The molecule has 0 aliphatic carbocycles. The van der Waals surface area contributed by atoms with Crippen molar-refractivity contribution in [2.24, 2.45) is 0 Å². The fourth-order valence-electron chi connectivity index (χ4n) is 1.23. The van der Waals surface area contributed by atoms with Crippen molar-refractivity contribution in [3.05, 3.63) is 12.7 Å². The van der Waals surface area contributed by atoms with Gasteiger partial charge in [0.2, 0.25) is 0 Å². The highest BCUT2D eigenvalue weighted by Gasteiger charge is 2.41. The van der Waals surface area contributed by atoms with Crippen LogP contribution in [0.15, 0.2) is 12.7 Å². The lowest BCUT2D eigenvalue weighted by molar-refractivity contribution is -0.122. The zero-order chi connectivity index (χ0) is 12.6. The van der Waals surface area contributed by atoms with Crippen LogP contribution in [0.2, 0.25) is 6.04 Å². The lowest BCUT2D eigenvalue weighted by Crippen LogP contribution is -2.47. The fourth-order valence-corrected chi connectivity index (χ4v) is 3.36. The Bertz CT molecular complexity index is 227. The first-order valence-electron chi connectivity index (χ1n) is 5.10.